The molecule has 3 rings (SSSR count). The van der Waals surface area contributed by atoms with Crippen molar-refractivity contribution in [3.05, 3.63) is 24.4 Å². The Morgan fingerprint density at radius 2 is 1.95 bits per heavy atom. The first kappa shape index (κ1) is 13.8. The van der Waals surface area contributed by atoms with E-state index in [1.165, 1.54) is 0 Å². The van der Waals surface area contributed by atoms with E-state index in [1.54, 1.807) is 23.0 Å². The monoisotopic (exact) mass is 299 g/mol. The number of piperidine rings is 1. The topological polar surface area (TPSA) is 63.4 Å². The van der Waals surface area contributed by atoms with Gasteiger partial charge in [0.1, 0.15) is 5.82 Å². The molecule has 0 bridgehead atoms. The zero-order valence-electron chi connectivity index (χ0n) is 10.9. The zero-order chi connectivity index (χ0) is 15.0. The summed E-state index contributed by atoms with van der Waals surface area (Å²) in [5, 5.41) is 8.06. The lowest BCUT2D eigenvalue weighted by atomic mass is 9.96. The Morgan fingerprint density at radius 3 is 2.62 bits per heavy atom. The fourth-order valence-electron chi connectivity index (χ4n) is 2.57. The Labute approximate surface area is 117 Å². The van der Waals surface area contributed by atoms with Crippen molar-refractivity contribution in [2.75, 3.05) is 13.1 Å². The molecule has 1 aliphatic rings. The fourth-order valence-corrected chi connectivity index (χ4v) is 2.57. The van der Waals surface area contributed by atoms with Gasteiger partial charge >= 0.3 is 12.1 Å². The summed E-state index contributed by atoms with van der Waals surface area (Å²) in [4.78, 5) is 16.0. The maximum absolute atomic E-state index is 12.4. The number of alkyl halides is 3. The van der Waals surface area contributed by atoms with Crippen LogP contribution in [-0.2, 0) is 4.79 Å². The average Bonchev–Trinajstić information content (AvgIpc) is 2.90. The number of aromatic nitrogens is 4. The van der Waals surface area contributed by atoms with Gasteiger partial charge in [-0.15, -0.1) is 10.2 Å². The molecule has 0 atom stereocenters. The number of nitrogens with zero attached hydrogens (tertiary/aromatic N) is 5. The van der Waals surface area contributed by atoms with Crippen LogP contribution in [0.5, 0.6) is 0 Å². The standard InChI is InChI=1S/C12H12F3N5O/c13-12(14,15)11(21)19-4-1-8(2-5-19)10-18-17-9-7-16-3-6-20(9)10/h3,6-8H,1-2,4-5H2. The maximum Gasteiger partial charge on any atom is 0.471 e. The second-order valence-electron chi connectivity index (χ2n) is 4.93. The average molecular weight is 299 g/mol. The molecule has 0 radical (unpaired) electrons. The lowest BCUT2D eigenvalue weighted by Gasteiger charge is -2.31. The quantitative estimate of drug-likeness (QED) is 0.798. The number of carbonyl (C=O) groups is 1. The van der Waals surface area contributed by atoms with E-state index in [-0.39, 0.29) is 19.0 Å². The van der Waals surface area contributed by atoms with Gasteiger partial charge in [0.2, 0.25) is 0 Å². The molecule has 3 heterocycles. The predicted octanol–water partition coefficient (Wildman–Crippen LogP) is 1.39. The minimum Gasteiger partial charge on any atom is -0.335 e. The van der Waals surface area contributed by atoms with Crippen molar-refractivity contribution < 1.29 is 18.0 Å². The van der Waals surface area contributed by atoms with Crippen LogP contribution < -0.4 is 0 Å². The van der Waals surface area contributed by atoms with Gasteiger partial charge in [0.25, 0.3) is 0 Å². The van der Waals surface area contributed by atoms with E-state index in [9.17, 15) is 18.0 Å². The number of amides is 1. The number of halogens is 3. The molecular weight excluding hydrogens is 287 g/mol. The molecule has 2 aromatic heterocycles. The lowest BCUT2D eigenvalue weighted by molar-refractivity contribution is -0.186. The molecule has 0 aliphatic carbocycles. The molecule has 1 fully saturated rings. The molecule has 0 aromatic carbocycles. The first-order valence-corrected chi connectivity index (χ1v) is 6.47. The van der Waals surface area contributed by atoms with Crippen LogP contribution in [0.4, 0.5) is 13.2 Å². The number of hydrogen-bond acceptors (Lipinski definition) is 4. The Hall–Kier alpha value is -2.19. The molecule has 0 N–H and O–H groups in total. The van der Waals surface area contributed by atoms with Crippen molar-refractivity contribution in [1.29, 1.82) is 0 Å². The van der Waals surface area contributed by atoms with Gasteiger partial charge in [0, 0.05) is 31.4 Å². The summed E-state index contributed by atoms with van der Waals surface area (Å²) in [7, 11) is 0. The predicted molar refractivity (Wildman–Crippen MR) is 65.4 cm³/mol. The Bertz CT molecular complexity index is 660. The van der Waals surface area contributed by atoms with Crippen LogP contribution in [0.1, 0.15) is 24.6 Å². The molecule has 9 heteroatoms. The molecule has 2 aromatic rings. The molecule has 0 spiro atoms. The highest BCUT2D eigenvalue weighted by molar-refractivity contribution is 5.81. The minimum atomic E-state index is -4.81. The third-order valence-corrected chi connectivity index (χ3v) is 3.63. The van der Waals surface area contributed by atoms with Gasteiger partial charge in [-0.3, -0.25) is 14.2 Å². The van der Waals surface area contributed by atoms with Crippen molar-refractivity contribution in [3.63, 3.8) is 0 Å². The SMILES string of the molecule is O=C(N1CCC(c2nnc3cnccn23)CC1)C(F)(F)F. The van der Waals surface area contributed by atoms with E-state index in [0.29, 0.717) is 24.3 Å². The first-order chi connectivity index (χ1) is 9.97. The van der Waals surface area contributed by atoms with E-state index in [2.05, 4.69) is 15.2 Å². The molecular formula is C12H12F3N5O. The number of rotatable bonds is 1. The van der Waals surface area contributed by atoms with Gasteiger partial charge in [0.15, 0.2) is 5.65 Å². The number of fused-ring (bicyclic) bond motifs is 1. The molecule has 1 saturated heterocycles. The fraction of sp³-hybridized carbons (Fsp3) is 0.500. The Balaban J connectivity index is 1.73. The third kappa shape index (κ3) is 2.55. The summed E-state index contributed by atoms with van der Waals surface area (Å²) >= 11 is 0. The number of carbonyl (C=O) groups excluding carboxylic acids is 1. The highest BCUT2D eigenvalue weighted by Gasteiger charge is 2.43. The first-order valence-electron chi connectivity index (χ1n) is 6.47. The molecule has 112 valence electrons. The summed E-state index contributed by atoms with van der Waals surface area (Å²) in [6.45, 7) is 0.145. The zero-order valence-corrected chi connectivity index (χ0v) is 10.9. The summed E-state index contributed by atoms with van der Waals surface area (Å²) in [5.74, 6) is -1.08. The molecule has 21 heavy (non-hydrogen) atoms. The van der Waals surface area contributed by atoms with E-state index >= 15 is 0 Å². The molecule has 6 nitrogen and oxygen atoms in total. The van der Waals surface area contributed by atoms with Gasteiger partial charge in [-0.2, -0.15) is 13.2 Å². The van der Waals surface area contributed by atoms with E-state index < -0.39 is 12.1 Å². The summed E-state index contributed by atoms with van der Waals surface area (Å²) in [6.07, 6.45) is 0.953. The highest BCUT2D eigenvalue weighted by atomic mass is 19.4. The molecule has 1 amide bonds. The van der Waals surface area contributed by atoms with Gasteiger partial charge in [-0.25, -0.2) is 0 Å². The Kier molecular flexibility index (Phi) is 3.26. The normalized spacial score (nSPS) is 17.4. The van der Waals surface area contributed by atoms with Gasteiger partial charge in [0.05, 0.1) is 6.20 Å². The van der Waals surface area contributed by atoms with Crippen LogP contribution in [0.25, 0.3) is 5.65 Å². The van der Waals surface area contributed by atoms with E-state index in [4.69, 9.17) is 0 Å². The molecule has 0 unspecified atom stereocenters. The largest absolute Gasteiger partial charge is 0.471 e. The Morgan fingerprint density at radius 1 is 1.24 bits per heavy atom. The van der Waals surface area contributed by atoms with Crippen LogP contribution in [0.15, 0.2) is 18.6 Å². The summed E-state index contributed by atoms with van der Waals surface area (Å²) in [6, 6.07) is 0. The molecule has 0 saturated carbocycles. The maximum atomic E-state index is 12.4. The van der Waals surface area contributed by atoms with Crippen molar-refractivity contribution in [1.82, 2.24) is 24.5 Å². The minimum absolute atomic E-state index is 0.0142. The highest BCUT2D eigenvalue weighted by Crippen LogP contribution is 2.29. The van der Waals surface area contributed by atoms with Crippen LogP contribution in [0, 0.1) is 0 Å². The van der Waals surface area contributed by atoms with Crippen molar-refractivity contribution in [2.45, 2.75) is 24.9 Å². The summed E-state index contributed by atoms with van der Waals surface area (Å²) in [5.41, 5.74) is 0.598. The second kappa shape index (κ2) is 4.97. The lowest BCUT2D eigenvalue weighted by Crippen LogP contribution is -2.45. The van der Waals surface area contributed by atoms with Crippen LogP contribution in [-0.4, -0.2) is 49.7 Å². The van der Waals surface area contributed by atoms with Crippen molar-refractivity contribution in [3.8, 4) is 0 Å². The third-order valence-electron chi connectivity index (χ3n) is 3.63. The van der Waals surface area contributed by atoms with Crippen LogP contribution >= 0.6 is 0 Å². The van der Waals surface area contributed by atoms with E-state index in [0.717, 1.165) is 4.90 Å². The second-order valence-corrected chi connectivity index (χ2v) is 4.93. The van der Waals surface area contributed by atoms with Crippen LogP contribution in [0.2, 0.25) is 0 Å². The number of likely N-dealkylation sites (tertiary alicyclic amines) is 1. The van der Waals surface area contributed by atoms with E-state index in [1.807, 2.05) is 0 Å². The van der Waals surface area contributed by atoms with Crippen LogP contribution in [0.3, 0.4) is 0 Å². The van der Waals surface area contributed by atoms with Gasteiger partial charge in [-0.1, -0.05) is 0 Å². The molecule has 1 aliphatic heterocycles. The summed E-state index contributed by atoms with van der Waals surface area (Å²) < 4.78 is 38.9. The smallest absolute Gasteiger partial charge is 0.335 e. The van der Waals surface area contributed by atoms with Gasteiger partial charge in [-0.05, 0) is 12.8 Å². The number of hydrogen-bond donors (Lipinski definition) is 0. The van der Waals surface area contributed by atoms with Crippen molar-refractivity contribution >= 4 is 11.6 Å². The van der Waals surface area contributed by atoms with Crippen molar-refractivity contribution in [2.24, 2.45) is 0 Å². The van der Waals surface area contributed by atoms with Gasteiger partial charge < -0.3 is 4.90 Å².